The Labute approximate surface area is 81.9 Å². The van der Waals surface area contributed by atoms with E-state index in [-0.39, 0.29) is 6.61 Å². The van der Waals surface area contributed by atoms with E-state index in [4.69, 9.17) is 0 Å². The van der Waals surface area contributed by atoms with Crippen LogP contribution in [0.25, 0.3) is 0 Å². The third-order valence-electron chi connectivity index (χ3n) is 2.05. The number of hydrogen-bond donors (Lipinski definition) is 2. The Morgan fingerprint density at radius 2 is 1.54 bits per heavy atom. The number of hydrogen-bond acceptors (Lipinski definition) is 3. The maximum atomic E-state index is 10.1. The van der Waals surface area contributed by atoms with Gasteiger partial charge in [0.2, 0.25) is 0 Å². The molecule has 80 valence electrons. The van der Waals surface area contributed by atoms with Crippen LogP contribution in [0.15, 0.2) is 0 Å². The Morgan fingerprint density at radius 1 is 0.846 bits per heavy atom. The lowest BCUT2D eigenvalue weighted by molar-refractivity contribution is -0.368. The Kier molecular flexibility index (Phi) is 11.8. The van der Waals surface area contributed by atoms with Gasteiger partial charge in [0.1, 0.15) is 0 Å². The van der Waals surface area contributed by atoms with Crippen LogP contribution in [0.3, 0.4) is 0 Å². The summed E-state index contributed by atoms with van der Waals surface area (Å²) >= 11 is 0. The van der Waals surface area contributed by atoms with Crippen LogP contribution < -0.4 is 15.7 Å². The van der Waals surface area contributed by atoms with Gasteiger partial charge in [-0.15, -0.1) is 6.61 Å². The lowest BCUT2D eigenvalue weighted by Crippen LogP contribution is -2.25. The minimum Gasteiger partial charge on any atom is -0.854 e. The maximum Gasteiger partial charge on any atom is 0.00766 e. The van der Waals surface area contributed by atoms with E-state index in [1.807, 2.05) is 7.05 Å². The van der Waals surface area contributed by atoms with E-state index in [9.17, 15) is 5.11 Å². The first-order valence-electron chi connectivity index (χ1n) is 5.35. The van der Waals surface area contributed by atoms with Crippen LogP contribution in [0.2, 0.25) is 0 Å². The minimum atomic E-state index is 0.0976. The highest BCUT2D eigenvalue weighted by Crippen LogP contribution is 2.00. The first-order chi connectivity index (χ1) is 6.41. The van der Waals surface area contributed by atoms with E-state index < -0.39 is 0 Å². The molecule has 0 saturated heterocycles. The van der Waals surface area contributed by atoms with Crippen LogP contribution in [0.1, 0.15) is 32.1 Å². The highest BCUT2D eigenvalue weighted by Gasteiger charge is 1.88. The third-order valence-corrected chi connectivity index (χ3v) is 2.05. The molecule has 0 aliphatic heterocycles. The molecule has 0 amide bonds. The van der Waals surface area contributed by atoms with Crippen LogP contribution in [-0.2, 0) is 0 Å². The molecule has 0 aliphatic rings. The molecule has 0 fully saturated rings. The van der Waals surface area contributed by atoms with E-state index >= 15 is 0 Å². The minimum absolute atomic E-state index is 0.0976. The number of nitrogens with one attached hydrogen (secondary N) is 2. The standard InChI is InChI=1S/C10H23N2O/c1-11-8-9-12-7-5-3-2-4-6-10-13/h11-12H,2-10H2,1H3/q-1. The molecule has 13 heavy (non-hydrogen) atoms. The zero-order valence-corrected chi connectivity index (χ0v) is 8.77. The Balaban J connectivity index is 2.76. The monoisotopic (exact) mass is 187 g/mol. The van der Waals surface area contributed by atoms with Crippen molar-refractivity contribution in [3.63, 3.8) is 0 Å². The molecule has 0 aromatic carbocycles. The third kappa shape index (κ3) is 11.9. The zero-order chi connectivity index (χ0) is 9.78. The number of unbranched alkanes of at least 4 members (excludes halogenated alkanes) is 4. The quantitative estimate of drug-likeness (QED) is 0.477. The van der Waals surface area contributed by atoms with Crippen LogP contribution in [0.5, 0.6) is 0 Å². The maximum absolute atomic E-state index is 10.1. The molecule has 3 heteroatoms. The van der Waals surface area contributed by atoms with E-state index in [0.29, 0.717) is 0 Å². The summed E-state index contributed by atoms with van der Waals surface area (Å²) in [5.74, 6) is 0. The summed E-state index contributed by atoms with van der Waals surface area (Å²) in [5.41, 5.74) is 0. The molecule has 0 unspecified atom stereocenters. The summed E-state index contributed by atoms with van der Waals surface area (Å²) in [6.07, 6.45) is 5.68. The van der Waals surface area contributed by atoms with Crippen molar-refractivity contribution < 1.29 is 5.11 Å². The smallest absolute Gasteiger partial charge is 0.00766 e. The molecule has 0 spiro atoms. The van der Waals surface area contributed by atoms with Crippen LogP contribution in [-0.4, -0.2) is 33.3 Å². The van der Waals surface area contributed by atoms with Gasteiger partial charge in [0.15, 0.2) is 0 Å². The average molecular weight is 187 g/mol. The van der Waals surface area contributed by atoms with Gasteiger partial charge < -0.3 is 15.7 Å². The lowest BCUT2D eigenvalue weighted by Gasteiger charge is -2.05. The lowest BCUT2D eigenvalue weighted by atomic mass is 10.1. The molecule has 0 heterocycles. The molecular weight excluding hydrogens is 164 g/mol. The molecule has 0 rings (SSSR count). The van der Waals surface area contributed by atoms with Gasteiger partial charge in [-0.25, -0.2) is 0 Å². The van der Waals surface area contributed by atoms with E-state index in [1.165, 1.54) is 19.3 Å². The second-order valence-corrected chi connectivity index (χ2v) is 3.33. The predicted octanol–water partition coefficient (Wildman–Crippen LogP) is 0.106. The summed E-state index contributed by atoms with van der Waals surface area (Å²) in [6, 6.07) is 0. The second kappa shape index (κ2) is 11.9. The summed E-state index contributed by atoms with van der Waals surface area (Å²) in [7, 11) is 1.96. The molecule has 2 N–H and O–H groups in total. The van der Waals surface area contributed by atoms with Gasteiger partial charge >= 0.3 is 0 Å². The molecule has 0 atom stereocenters. The van der Waals surface area contributed by atoms with Crippen molar-refractivity contribution in [2.75, 3.05) is 33.3 Å². The van der Waals surface area contributed by atoms with Crippen molar-refractivity contribution in [3.05, 3.63) is 0 Å². The average Bonchev–Trinajstić information content (AvgIpc) is 2.16. The first kappa shape index (κ1) is 12.9. The molecular formula is C10H23N2O-. The van der Waals surface area contributed by atoms with Crippen LogP contribution in [0.4, 0.5) is 0 Å². The summed E-state index contributed by atoms with van der Waals surface area (Å²) in [5, 5.41) is 16.6. The van der Waals surface area contributed by atoms with E-state index in [2.05, 4.69) is 10.6 Å². The van der Waals surface area contributed by atoms with Gasteiger partial charge in [-0.1, -0.05) is 25.7 Å². The predicted molar refractivity (Wildman–Crippen MR) is 54.7 cm³/mol. The Bertz CT molecular complexity index is 79.0. The van der Waals surface area contributed by atoms with Crippen LogP contribution in [0, 0.1) is 0 Å². The van der Waals surface area contributed by atoms with Crippen molar-refractivity contribution in [1.29, 1.82) is 0 Å². The summed E-state index contributed by atoms with van der Waals surface area (Å²) in [4.78, 5) is 0. The van der Waals surface area contributed by atoms with Gasteiger partial charge in [-0.3, -0.25) is 0 Å². The van der Waals surface area contributed by atoms with E-state index in [1.54, 1.807) is 0 Å². The normalized spacial score (nSPS) is 10.6. The highest BCUT2D eigenvalue weighted by molar-refractivity contribution is 4.50. The van der Waals surface area contributed by atoms with Crippen molar-refractivity contribution in [1.82, 2.24) is 10.6 Å². The fourth-order valence-electron chi connectivity index (χ4n) is 1.22. The molecule has 3 nitrogen and oxygen atoms in total. The number of rotatable bonds is 10. The second-order valence-electron chi connectivity index (χ2n) is 3.33. The fourth-order valence-corrected chi connectivity index (χ4v) is 1.22. The summed E-state index contributed by atoms with van der Waals surface area (Å²) < 4.78 is 0. The van der Waals surface area contributed by atoms with Gasteiger partial charge in [-0.2, -0.15) is 0 Å². The van der Waals surface area contributed by atoms with Crippen molar-refractivity contribution in [2.45, 2.75) is 32.1 Å². The van der Waals surface area contributed by atoms with Crippen LogP contribution >= 0.6 is 0 Å². The first-order valence-corrected chi connectivity index (χ1v) is 5.35. The zero-order valence-electron chi connectivity index (χ0n) is 8.77. The number of likely N-dealkylation sites (N-methyl/N-ethyl adjacent to an activating group) is 1. The van der Waals surface area contributed by atoms with Gasteiger partial charge in [0.25, 0.3) is 0 Å². The van der Waals surface area contributed by atoms with Gasteiger partial charge in [0, 0.05) is 13.1 Å². The topological polar surface area (TPSA) is 47.1 Å². The molecule has 0 aromatic heterocycles. The van der Waals surface area contributed by atoms with Crippen molar-refractivity contribution in [2.24, 2.45) is 0 Å². The van der Waals surface area contributed by atoms with Crippen molar-refractivity contribution in [3.8, 4) is 0 Å². The van der Waals surface area contributed by atoms with Gasteiger partial charge in [-0.05, 0) is 20.0 Å². The fraction of sp³-hybridized carbons (Fsp3) is 1.00. The highest BCUT2D eigenvalue weighted by atomic mass is 16.2. The Morgan fingerprint density at radius 3 is 2.23 bits per heavy atom. The summed E-state index contributed by atoms with van der Waals surface area (Å²) in [6.45, 7) is 3.30. The largest absolute Gasteiger partial charge is 0.854 e. The SMILES string of the molecule is CNCCNCCCCCCC[O-]. The van der Waals surface area contributed by atoms with E-state index in [0.717, 1.165) is 32.5 Å². The molecule has 0 aromatic rings. The van der Waals surface area contributed by atoms with Crippen molar-refractivity contribution >= 4 is 0 Å². The molecule has 0 radical (unpaired) electrons. The molecule has 0 bridgehead atoms. The molecule has 0 aliphatic carbocycles. The van der Waals surface area contributed by atoms with Gasteiger partial charge in [0.05, 0.1) is 0 Å². The Hall–Kier alpha value is -0.120. The molecule has 0 saturated carbocycles.